The smallest absolute Gasteiger partial charge is 0.154 e. The van der Waals surface area contributed by atoms with Gasteiger partial charge in [0.05, 0.1) is 5.69 Å². The topological polar surface area (TPSA) is 97.8 Å². The van der Waals surface area contributed by atoms with Crippen LogP contribution < -0.4 is 5.73 Å². The highest BCUT2D eigenvalue weighted by molar-refractivity contribution is 7.21. The van der Waals surface area contributed by atoms with Crippen LogP contribution in [-0.4, -0.2) is 25.0 Å². The zero-order chi connectivity index (χ0) is 20.7. The van der Waals surface area contributed by atoms with Crippen molar-refractivity contribution < 1.29 is 5.11 Å². The normalized spacial score (nSPS) is 17.5. The molecule has 0 spiro atoms. The Morgan fingerprint density at radius 1 is 1.23 bits per heavy atom. The molecule has 0 radical (unpaired) electrons. The minimum atomic E-state index is -0.972. The summed E-state index contributed by atoms with van der Waals surface area (Å²) in [6.07, 6.45) is 5.02. The quantitative estimate of drug-likeness (QED) is 0.487. The average Bonchev–Trinajstić information content (AvgIpc) is 3.33. The molecule has 30 heavy (non-hydrogen) atoms. The number of hydrogen-bond donors (Lipinski definition) is 2. The van der Waals surface area contributed by atoms with Crippen molar-refractivity contribution in [2.24, 2.45) is 0 Å². The number of aromatic nitrogens is 4. The van der Waals surface area contributed by atoms with Crippen molar-refractivity contribution in [1.82, 2.24) is 19.9 Å². The molecule has 1 aliphatic rings. The van der Waals surface area contributed by atoms with E-state index < -0.39 is 5.60 Å². The Morgan fingerprint density at radius 2 is 2.13 bits per heavy atom. The maximum Gasteiger partial charge on any atom is 0.154 e. The number of aryl methyl sites for hydroxylation is 2. The van der Waals surface area contributed by atoms with Crippen LogP contribution in [0.5, 0.6) is 0 Å². The van der Waals surface area contributed by atoms with Gasteiger partial charge in [-0.3, -0.25) is 4.98 Å². The molecule has 148 valence electrons. The summed E-state index contributed by atoms with van der Waals surface area (Å²) in [7, 11) is 0. The molecule has 1 atom stereocenters. The van der Waals surface area contributed by atoms with Gasteiger partial charge in [0.2, 0.25) is 0 Å². The highest BCUT2D eigenvalue weighted by atomic mass is 32.1. The highest BCUT2D eigenvalue weighted by Gasteiger charge is 2.37. The van der Waals surface area contributed by atoms with E-state index in [1.807, 2.05) is 37.3 Å². The van der Waals surface area contributed by atoms with Crippen molar-refractivity contribution in [3.63, 3.8) is 0 Å². The number of nitrogens with zero attached hydrogens (tertiary/aromatic N) is 4. The second kappa shape index (κ2) is 7.17. The summed E-state index contributed by atoms with van der Waals surface area (Å²) in [5, 5.41) is 11.8. The molecule has 6 nitrogen and oxygen atoms in total. The van der Waals surface area contributed by atoms with Gasteiger partial charge in [-0.1, -0.05) is 35.3 Å². The molecule has 0 aliphatic heterocycles. The second-order valence-corrected chi connectivity index (χ2v) is 8.46. The van der Waals surface area contributed by atoms with Crippen molar-refractivity contribution in [3.05, 3.63) is 65.2 Å². The molecular weight excluding hydrogens is 394 g/mol. The fraction of sp³-hybridized carbons (Fsp3) is 0.217. The van der Waals surface area contributed by atoms with Gasteiger partial charge in [0, 0.05) is 23.7 Å². The van der Waals surface area contributed by atoms with E-state index in [4.69, 9.17) is 5.73 Å². The average molecular weight is 414 g/mol. The first-order chi connectivity index (χ1) is 14.5. The van der Waals surface area contributed by atoms with Crippen molar-refractivity contribution in [1.29, 1.82) is 0 Å². The van der Waals surface area contributed by atoms with Gasteiger partial charge in [0.15, 0.2) is 5.82 Å². The van der Waals surface area contributed by atoms with Gasteiger partial charge in [-0.2, -0.15) is 0 Å². The van der Waals surface area contributed by atoms with Gasteiger partial charge in [-0.05, 0) is 49.1 Å². The summed E-state index contributed by atoms with van der Waals surface area (Å²) < 4.78 is 0. The van der Waals surface area contributed by atoms with Gasteiger partial charge in [-0.15, -0.1) is 0 Å². The molecule has 0 amide bonds. The molecule has 5 rings (SSSR count). The van der Waals surface area contributed by atoms with Gasteiger partial charge < -0.3 is 10.8 Å². The molecule has 3 N–H and O–H groups in total. The molecule has 0 saturated heterocycles. The Kier molecular flexibility index (Phi) is 4.46. The van der Waals surface area contributed by atoms with E-state index in [-0.39, 0.29) is 0 Å². The largest absolute Gasteiger partial charge is 0.383 e. The summed E-state index contributed by atoms with van der Waals surface area (Å²) in [4.78, 5) is 18.1. The lowest BCUT2D eigenvalue weighted by Crippen LogP contribution is -2.22. The number of hydrogen-bond acceptors (Lipinski definition) is 7. The number of benzene rings is 1. The first-order valence-electron chi connectivity index (χ1n) is 9.67. The van der Waals surface area contributed by atoms with Crippen molar-refractivity contribution in [2.45, 2.75) is 31.8 Å². The molecule has 4 aromatic rings. The fourth-order valence-corrected chi connectivity index (χ4v) is 4.80. The van der Waals surface area contributed by atoms with E-state index in [0.29, 0.717) is 24.2 Å². The number of rotatable bonds is 2. The maximum atomic E-state index is 11.0. The van der Waals surface area contributed by atoms with E-state index in [1.54, 1.807) is 6.20 Å². The fourth-order valence-electron chi connectivity index (χ4n) is 3.80. The third-order valence-corrected chi connectivity index (χ3v) is 6.44. The molecule has 0 unspecified atom stereocenters. The summed E-state index contributed by atoms with van der Waals surface area (Å²) in [5.74, 6) is 6.74. The number of nitrogens with two attached hydrogens (primary N) is 1. The van der Waals surface area contributed by atoms with Crippen LogP contribution in [-0.2, 0) is 12.0 Å². The van der Waals surface area contributed by atoms with Gasteiger partial charge in [-0.25, -0.2) is 15.0 Å². The Balaban J connectivity index is 1.44. The van der Waals surface area contributed by atoms with Crippen LogP contribution in [0.1, 0.15) is 35.2 Å². The van der Waals surface area contributed by atoms with Crippen LogP contribution in [0.2, 0.25) is 0 Å². The first kappa shape index (κ1) is 18.7. The monoisotopic (exact) mass is 413 g/mol. The molecule has 1 aromatic carbocycles. The Labute approximate surface area is 177 Å². The van der Waals surface area contributed by atoms with Crippen molar-refractivity contribution in [3.8, 4) is 22.4 Å². The predicted octanol–water partition coefficient (Wildman–Crippen LogP) is 3.61. The minimum absolute atomic E-state index is 0.355. The van der Waals surface area contributed by atoms with Crippen LogP contribution in [0.25, 0.3) is 20.9 Å². The highest BCUT2D eigenvalue weighted by Crippen LogP contribution is 2.37. The van der Waals surface area contributed by atoms with Crippen LogP contribution >= 0.6 is 11.3 Å². The third-order valence-electron chi connectivity index (χ3n) is 5.45. The molecule has 1 aliphatic carbocycles. The zero-order valence-electron chi connectivity index (χ0n) is 16.4. The van der Waals surface area contributed by atoms with E-state index in [9.17, 15) is 5.11 Å². The lowest BCUT2D eigenvalue weighted by Gasteiger charge is -2.19. The van der Waals surface area contributed by atoms with Crippen LogP contribution in [0, 0.1) is 18.8 Å². The number of fused-ring (bicyclic) bond motifs is 2. The van der Waals surface area contributed by atoms with E-state index in [1.165, 1.54) is 17.7 Å². The molecule has 0 saturated carbocycles. The Hall–Kier alpha value is -3.34. The molecule has 3 aromatic heterocycles. The number of aliphatic hydroxyl groups is 1. The molecule has 0 bridgehead atoms. The molecule has 3 heterocycles. The summed E-state index contributed by atoms with van der Waals surface area (Å²) in [6.45, 7) is 2.04. The van der Waals surface area contributed by atoms with Crippen LogP contribution in [0.15, 0.2) is 42.9 Å². The van der Waals surface area contributed by atoms with E-state index in [0.717, 1.165) is 44.2 Å². The molecular formula is C23H19N5OS. The number of nitrogen functional groups attached to an aromatic ring is 1. The number of thiazole rings is 1. The van der Waals surface area contributed by atoms with Gasteiger partial charge in [0.25, 0.3) is 0 Å². The van der Waals surface area contributed by atoms with Crippen molar-refractivity contribution >= 4 is 27.5 Å². The zero-order valence-corrected chi connectivity index (χ0v) is 17.2. The molecule has 0 fully saturated rings. The standard InChI is InChI=1S/C23H19N5OS/c1-14-6-7-15(4-2-9-23(29)10-8-16-5-3-11-25-19(16)23)12-17(14)21-28-18-20(24)26-13-27-22(18)30-21/h3,5-7,11-13,29H,8-10H2,1H3,(H2,24,26,27)/t23-/m0/s1. The lowest BCUT2D eigenvalue weighted by atomic mass is 9.96. The number of anilines is 1. The third kappa shape index (κ3) is 3.20. The number of pyridine rings is 1. The summed E-state index contributed by atoms with van der Waals surface area (Å²) in [6, 6.07) is 9.97. The first-order valence-corrected chi connectivity index (χ1v) is 10.5. The van der Waals surface area contributed by atoms with Crippen molar-refractivity contribution in [2.75, 3.05) is 5.73 Å². The maximum absolute atomic E-state index is 11.0. The van der Waals surface area contributed by atoms with Crippen LogP contribution in [0.4, 0.5) is 5.82 Å². The SMILES string of the molecule is Cc1ccc(C#CC[C@]2(O)CCc3cccnc32)cc1-c1nc2c(N)ncnc2s1. The Morgan fingerprint density at radius 3 is 3.00 bits per heavy atom. The lowest BCUT2D eigenvalue weighted by molar-refractivity contribution is 0.0401. The Bertz CT molecular complexity index is 1340. The van der Waals surface area contributed by atoms with Gasteiger partial charge in [0.1, 0.15) is 27.3 Å². The van der Waals surface area contributed by atoms with E-state index in [2.05, 4.69) is 31.8 Å². The summed E-state index contributed by atoms with van der Waals surface area (Å²) in [5.41, 5.74) is 10.4. The van der Waals surface area contributed by atoms with E-state index >= 15 is 0 Å². The minimum Gasteiger partial charge on any atom is -0.383 e. The van der Waals surface area contributed by atoms with Gasteiger partial charge >= 0.3 is 0 Å². The van der Waals surface area contributed by atoms with Crippen LogP contribution in [0.3, 0.4) is 0 Å². The second-order valence-electron chi connectivity index (χ2n) is 7.48. The summed E-state index contributed by atoms with van der Waals surface area (Å²) >= 11 is 1.48. The predicted molar refractivity (Wildman–Crippen MR) is 118 cm³/mol. The molecule has 7 heteroatoms.